The molecule has 2 fully saturated rings. The van der Waals surface area contributed by atoms with Gasteiger partial charge in [-0.15, -0.1) is 0 Å². The summed E-state index contributed by atoms with van der Waals surface area (Å²) in [6.07, 6.45) is 7.38. The summed E-state index contributed by atoms with van der Waals surface area (Å²) >= 11 is 0. The third-order valence-electron chi connectivity index (χ3n) is 4.98. The molecule has 2 rings (SSSR count). The maximum Gasteiger partial charge on any atom is 0.240 e. The van der Waals surface area contributed by atoms with Crippen LogP contribution in [-0.4, -0.2) is 54.7 Å². The first-order chi connectivity index (χ1) is 10.5. The van der Waals surface area contributed by atoms with Gasteiger partial charge >= 0.3 is 0 Å². The summed E-state index contributed by atoms with van der Waals surface area (Å²) in [5, 5.41) is 3.20. The van der Waals surface area contributed by atoms with Crippen LogP contribution in [0.1, 0.15) is 58.8 Å². The molecule has 5 heteroatoms. The predicted octanol–water partition coefficient (Wildman–Crippen LogP) is 1.65. The molecule has 0 atom stereocenters. The summed E-state index contributed by atoms with van der Waals surface area (Å²) in [5.41, 5.74) is 5.69. The van der Waals surface area contributed by atoms with Crippen molar-refractivity contribution in [1.82, 2.24) is 10.2 Å². The number of carbonyl (C=O) groups is 1. The van der Waals surface area contributed by atoms with Gasteiger partial charge in [-0.3, -0.25) is 4.79 Å². The van der Waals surface area contributed by atoms with Gasteiger partial charge in [0.1, 0.15) is 0 Å². The van der Waals surface area contributed by atoms with E-state index in [1.165, 1.54) is 6.42 Å². The van der Waals surface area contributed by atoms with Crippen molar-refractivity contribution in [3.05, 3.63) is 0 Å². The minimum absolute atomic E-state index is 0.0776. The summed E-state index contributed by atoms with van der Waals surface area (Å²) in [7, 11) is 0. The highest BCUT2D eigenvalue weighted by Gasteiger charge is 2.36. The Kier molecular flexibility index (Phi) is 6.66. The van der Waals surface area contributed by atoms with Crippen molar-refractivity contribution in [2.75, 3.05) is 26.2 Å². The van der Waals surface area contributed by atoms with E-state index in [0.29, 0.717) is 6.10 Å². The lowest BCUT2D eigenvalue weighted by Gasteiger charge is -2.36. The first-order valence-corrected chi connectivity index (χ1v) is 8.93. The van der Waals surface area contributed by atoms with Crippen LogP contribution in [0.25, 0.3) is 0 Å². The van der Waals surface area contributed by atoms with Crippen molar-refractivity contribution < 1.29 is 9.53 Å². The number of amides is 1. The standard InChI is InChI=1S/C17H33N3O2/c1-14(2)22-13-12-20-10-6-15(7-11-20)19-16(21)17(18)8-4-3-5-9-17/h14-15H,3-13,18H2,1-2H3,(H,19,21). The van der Waals surface area contributed by atoms with Crippen LogP contribution in [0.5, 0.6) is 0 Å². The van der Waals surface area contributed by atoms with Crippen LogP contribution < -0.4 is 11.1 Å². The third kappa shape index (κ3) is 5.21. The van der Waals surface area contributed by atoms with Gasteiger partial charge in [-0.2, -0.15) is 0 Å². The summed E-state index contributed by atoms with van der Waals surface area (Å²) in [6, 6.07) is 0.289. The lowest BCUT2D eigenvalue weighted by Crippen LogP contribution is -2.58. The van der Waals surface area contributed by atoms with Gasteiger partial charge in [0.05, 0.1) is 18.2 Å². The Hall–Kier alpha value is -0.650. The molecule has 0 aromatic rings. The van der Waals surface area contributed by atoms with Crippen LogP contribution in [0.3, 0.4) is 0 Å². The van der Waals surface area contributed by atoms with Gasteiger partial charge in [-0.1, -0.05) is 19.3 Å². The fourth-order valence-corrected chi connectivity index (χ4v) is 3.46. The van der Waals surface area contributed by atoms with E-state index >= 15 is 0 Å². The van der Waals surface area contributed by atoms with E-state index in [4.69, 9.17) is 10.5 Å². The molecule has 0 aromatic carbocycles. The molecular weight excluding hydrogens is 278 g/mol. The molecule has 0 spiro atoms. The molecule has 2 aliphatic rings. The van der Waals surface area contributed by atoms with Crippen molar-refractivity contribution >= 4 is 5.91 Å². The Morgan fingerprint density at radius 1 is 1.27 bits per heavy atom. The quantitative estimate of drug-likeness (QED) is 0.783. The van der Waals surface area contributed by atoms with E-state index in [1.807, 2.05) is 0 Å². The van der Waals surface area contributed by atoms with Gasteiger partial charge < -0.3 is 20.7 Å². The highest BCUT2D eigenvalue weighted by molar-refractivity contribution is 5.86. The lowest BCUT2D eigenvalue weighted by molar-refractivity contribution is -0.128. The first-order valence-electron chi connectivity index (χ1n) is 8.93. The lowest BCUT2D eigenvalue weighted by atomic mass is 9.81. The second-order valence-electron chi connectivity index (χ2n) is 7.23. The number of likely N-dealkylation sites (tertiary alicyclic amines) is 1. The number of piperidine rings is 1. The highest BCUT2D eigenvalue weighted by atomic mass is 16.5. The van der Waals surface area contributed by atoms with E-state index in [1.54, 1.807) is 0 Å². The summed E-state index contributed by atoms with van der Waals surface area (Å²) in [4.78, 5) is 14.9. The summed E-state index contributed by atoms with van der Waals surface area (Å²) < 4.78 is 5.60. The van der Waals surface area contributed by atoms with Gasteiger partial charge in [0.15, 0.2) is 0 Å². The molecule has 1 heterocycles. The molecule has 1 saturated heterocycles. The van der Waals surface area contributed by atoms with Crippen LogP contribution in [0.2, 0.25) is 0 Å². The average molecular weight is 311 g/mol. The number of hydrogen-bond acceptors (Lipinski definition) is 4. The zero-order valence-electron chi connectivity index (χ0n) is 14.3. The second kappa shape index (κ2) is 8.27. The minimum atomic E-state index is -0.611. The molecule has 1 amide bonds. The van der Waals surface area contributed by atoms with Crippen LogP contribution >= 0.6 is 0 Å². The van der Waals surface area contributed by atoms with Gasteiger partial charge in [-0.25, -0.2) is 0 Å². The van der Waals surface area contributed by atoms with Gasteiger partial charge in [0.2, 0.25) is 5.91 Å². The fraction of sp³-hybridized carbons (Fsp3) is 0.941. The third-order valence-corrected chi connectivity index (χ3v) is 4.98. The molecule has 1 aliphatic heterocycles. The molecule has 0 unspecified atom stereocenters. The second-order valence-corrected chi connectivity index (χ2v) is 7.23. The van der Waals surface area contributed by atoms with Crippen molar-refractivity contribution in [2.45, 2.75) is 76.5 Å². The fourth-order valence-electron chi connectivity index (χ4n) is 3.46. The molecule has 0 aromatic heterocycles. The maximum atomic E-state index is 12.4. The van der Waals surface area contributed by atoms with Gasteiger partial charge in [-0.05, 0) is 39.5 Å². The number of carbonyl (C=O) groups excluding carboxylic acids is 1. The van der Waals surface area contributed by atoms with Gasteiger partial charge in [0, 0.05) is 25.7 Å². The molecule has 0 bridgehead atoms. The Morgan fingerprint density at radius 3 is 2.50 bits per heavy atom. The van der Waals surface area contributed by atoms with Crippen molar-refractivity contribution in [1.29, 1.82) is 0 Å². The largest absolute Gasteiger partial charge is 0.377 e. The molecule has 5 nitrogen and oxygen atoms in total. The van der Waals surface area contributed by atoms with E-state index < -0.39 is 5.54 Å². The van der Waals surface area contributed by atoms with E-state index in [9.17, 15) is 4.79 Å². The Labute approximate surface area is 134 Å². The Morgan fingerprint density at radius 2 is 1.91 bits per heavy atom. The SMILES string of the molecule is CC(C)OCCN1CCC(NC(=O)C2(N)CCCCC2)CC1. The van der Waals surface area contributed by atoms with E-state index in [0.717, 1.165) is 64.8 Å². The molecule has 128 valence electrons. The van der Waals surface area contributed by atoms with Crippen LogP contribution in [0, 0.1) is 0 Å². The minimum Gasteiger partial charge on any atom is -0.377 e. The zero-order valence-corrected chi connectivity index (χ0v) is 14.3. The van der Waals surface area contributed by atoms with E-state index in [2.05, 4.69) is 24.1 Å². The van der Waals surface area contributed by atoms with Crippen molar-refractivity contribution in [3.8, 4) is 0 Å². The molecule has 22 heavy (non-hydrogen) atoms. The number of rotatable bonds is 6. The van der Waals surface area contributed by atoms with Crippen LogP contribution in [0.15, 0.2) is 0 Å². The Balaban J connectivity index is 1.67. The molecule has 1 saturated carbocycles. The number of nitrogens with one attached hydrogen (secondary N) is 1. The molecular formula is C17H33N3O2. The number of hydrogen-bond donors (Lipinski definition) is 2. The normalized spacial score (nSPS) is 23.6. The number of nitrogens with two attached hydrogens (primary N) is 1. The number of ether oxygens (including phenoxy) is 1. The van der Waals surface area contributed by atoms with E-state index in [-0.39, 0.29) is 11.9 Å². The van der Waals surface area contributed by atoms with Gasteiger partial charge in [0.25, 0.3) is 0 Å². The smallest absolute Gasteiger partial charge is 0.240 e. The summed E-state index contributed by atoms with van der Waals surface area (Å²) in [5.74, 6) is 0.0776. The van der Waals surface area contributed by atoms with Crippen molar-refractivity contribution in [3.63, 3.8) is 0 Å². The maximum absolute atomic E-state index is 12.4. The predicted molar refractivity (Wildman–Crippen MR) is 88.7 cm³/mol. The highest BCUT2D eigenvalue weighted by Crippen LogP contribution is 2.26. The molecule has 3 N–H and O–H groups in total. The number of nitrogens with zero attached hydrogens (tertiary/aromatic N) is 1. The molecule has 0 radical (unpaired) electrons. The zero-order chi connectivity index (χ0) is 16.0. The Bertz CT molecular complexity index is 346. The molecule has 1 aliphatic carbocycles. The average Bonchev–Trinajstić information content (AvgIpc) is 2.49. The van der Waals surface area contributed by atoms with Crippen LogP contribution in [-0.2, 0) is 9.53 Å². The summed E-state index contributed by atoms with van der Waals surface area (Å²) in [6.45, 7) is 7.97. The topological polar surface area (TPSA) is 67.6 Å². The monoisotopic (exact) mass is 311 g/mol. The van der Waals surface area contributed by atoms with Crippen molar-refractivity contribution in [2.24, 2.45) is 5.73 Å². The van der Waals surface area contributed by atoms with Crippen LogP contribution in [0.4, 0.5) is 0 Å². The first kappa shape index (κ1) is 17.7.